The number of fused-ring (bicyclic) bond motifs is 1. The highest BCUT2D eigenvalue weighted by atomic mass is 79.9. The van der Waals surface area contributed by atoms with E-state index in [1.165, 1.54) is 17.5 Å². The number of aliphatic carboxylic acids is 1. The molecule has 4 nitrogen and oxygen atoms in total. The lowest BCUT2D eigenvalue weighted by Gasteiger charge is -2.30. The van der Waals surface area contributed by atoms with Gasteiger partial charge in [0.05, 0.1) is 6.10 Å². The Kier molecular flexibility index (Phi) is 8.40. The minimum Gasteiger partial charge on any atom is -0.489 e. The third-order valence-corrected chi connectivity index (χ3v) is 6.99. The van der Waals surface area contributed by atoms with E-state index >= 15 is 0 Å². The van der Waals surface area contributed by atoms with Gasteiger partial charge >= 0.3 is 5.97 Å². The van der Waals surface area contributed by atoms with E-state index in [0.29, 0.717) is 12.5 Å². The molecular formula is C27H35BrO4. The minimum absolute atomic E-state index is 0.0212. The molecule has 0 saturated heterocycles. The quantitative estimate of drug-likeness (QED) is 0.387. The number of carboxylic acid groups (broad SMARTS) is 1. The predicted molar refractivity (Wildman–Crippen MR) is 131 cm³/mol. The van der Waals surface area contributed by atoms with Crippen LogP contribution in [0.15, 0.2) is 40.9 Å². The van der Waals surface area contributed by atoms with Crippen molar-refractivity contribution >= 4 is 21.9 Å². The van der Waals surface area contributed by atoms with Gasteiger partial charge in [-0.25, -0.2) is 0 Å². The van der Waals surface area contributed by atoms with E-state index < -0.39 is 5.97 Å². The van der Waals surface area contributed by atoms with Crippen LogP contribution in [0.4, 0.5) is 0 Å². The molecule has 1 aliphatic carbocycles. The average Bonchev–Trinajstić information content (AvgIpc) is 2.73. The van der Waals surface area contributed by atoms with Crippen molar-refractivity contribution in [3.63, 3.8) is 0 Å². The molecule has 2 aromatic carbocycles. The maximum atomic E-state index is 10.9. The number of methoxy groups -OCH3 is 1. The molecule has 5 heteroatoms. The number of ether oxygens (including phenoxy) is 2. The van der Waals surface area contributed by atoms with Crippen molar-refractivity contribution in [2.24, 2.45) is 5.41 Å². The summed E-state index contributed by atoms with van der Waals surface area (Å²) >= 11 is 3.68. The molecule has 32 heavy (non-hydrogen) atoms. The van der Waals surface area contributed by atoms with Gasteiger partial charge < -0.3 is 14.6 Å². The first-order valence-electron chi connectivity index (χ1n) is 11.5. The second-order valence-corrected chi connectivity index (χ2v) is 10.7. The Bertz CT molecular complexity index is 932. The van der Waals surface area contributed by atoms with E-state index in [-0.39, 0.29) is 17.9 Å². The second-order valence-electron chi connectivity index (χ2n) is 9.86. The number of rotatable bonds is 9. The summed E-state index contributed by atoms with van der Waals surface area (Å²) in [5.41, 5.74) is 4.92. The Hall–Kier alpha value is -1.85. The molecule has 0 fully saturated rings. The summed E-state index contributed by atoms with van der Waals surface area (Å²) in [6.07, 6.45) is 5.24. The molecule has 3 rings (SSSR count). The van der Waals surface area contributed by atoms with Crippen LogP contribution in [0.2, 0.25) is 0 Å². The molecule has 1 aliphatic rings. The number of carboxylic acids is 1. The van der Waals surface area contributed by atoms with Crippen molar-refractivity contribution in [3.8, 4) is 5.75 Å². The highest BCUT2D eigenvalue weighted by Gasteiger charge is 2.28. The van der Waals surface area contributed by atoms with Gasteiger partial charge in [-0.15, -0.1) is 0 Å². The van der Waals surface area contributed by atoms with Gasteiger partial charge in [0.25, 0.3) is 0 Å². The molecule has 1 N–H and O–H groups in total. The first-order valence-corrected chi connectivity index (χ1v) is 12.3. The van der Waals surface area contributed by atoms with Gasteiger partial charge in [0.1, 0.15) is 12.4 Å². The molecule has 0 aliphatic heterocycles. The molecule has 2 aromatic rings. The Morgan fingerprint density at radius 2 is 2.00 bits per heavy atom. The molecule has 174 valence electrons. The van der Waals surface area contributed by atoms with Crippen LogP contribution in [0.1, 0.15) is 87.2 Å². The number of benzene rings is 2. The van der Waals surface area contributed by atoms with Crippen LogP contribution in [0.5, 0.6) is 5.75 Å². The third-order valence-electron chi connectivity index (χ3n) is 6.27. The fourth-order valence-electron chi connectivity index (χ4n) is 4.76. The van der Waals surface area contributed by atoms with E-state index in [2.05, 4.69) is 73.1 Å². The van der Waals surface area contributed by atoms with Crippen molar-refractivity contribution in [2.75, 3.05) is 7.11 Å². The number of carbonyl (C=O) groups is 1. The van der Waals surface area contributed by atoms with Crippen LogP contribution < -0.4 is 4.74 Å². The lowest BCUT2D eigenvalue weighted by Crippen LogP contribution is -2.20. The van der Waals surface area contributed by atoms with Crippen LogP contribution in [0, 0.1) is 5.41 Å². The molecule has 0 saturated carbocycles. The van der Waals surface area contributed by atoms with E-state index in [4.69, 9.17) is 14.6 Å². The molecule has 2 atom stereocenters. The summed E-state index contributed by atoms with van der Waals surface area (Å²) in [6.45, 7) is 7.02. The topological polar surface area (TPSA) is 55.8 Å². The average molecular weight is 503 g/mol. The summed E-state index contributed by atoms with van der Waals surface area (Å²) in [7, 11) is 1.76. The maximum Gasteiger partial charge on any atom is 0.303 e. The van der Waals surface area contributed by atoms with Crippen LogP contribution in [0.3, 0.4) is 0 Å². The summed E-state index contributed by atoms with van der Waals surface area (Å²) in [5.74, 6) is 0.585. The zero-order valence-electron chi connectivity index (χ0n) is 19.6. The molecule has 0 spiro atoms. The van der Waals surface area contributed by atoms with Crippen molar-refractivity contribution in [2.45, 2.75) is 77.9 Å². The molecular weight excluding hydrogens is 468 g/mol. The van der Waals surface area contributed by atoms with Gasteiger partial charge in [-0.05, 0) is 90.0 Å². The SMILES string of the molecule is COC(c1cc(COc2ccc3c(c2)C(CCCC(=O)O)CCC3)ccc1Br)C(C)(C)C. The molecule has 0 radical (unpaired) electrons. The molecule has 0 heterocycles. The van der Waals surface area contributed by atoms with Crippen LogP contribution in [0.25, 0.3) is 0 Å². The highest BCUT2D eigenvalue weighted by molar-refractivity contribution is 9.10. The number of hydrogen-bond donors (Lipinski definition) is 1. The smallest absolute Gasteiger partial charge is 0.303 e. The van der Waals surface area contributed by atoms with Crippen LogP contribution in [-0.2, 0) is 22.6 Å². The van der Waals surface area contributed by atoms with Crippen molar-refractivity contribution in [3.05, 3.63) is 63.1 Å². The number of halogens is 1. The largest absolute Gasteiger partial charge is 0.489 e. The summed E-state index contributed by atoms with van der Waals surface area (Å²) < 4.78 is 13.0. The van der Waals surface area contributed by atoms with Gasteiger partial charge in [-0.3, -0.25) is 4.79 Å². The Morgan fingerprint density at radius 1 is 1.22 bits per heavy atom. The lowest BCUT2D eigenvalue weighted by molar-refractivity contribution is -0.137. The zero-order valence-corrected chi connectivity index (χ0v) is 21.2. The summed E-state index contributed by atoms with van der Waals surface area (Å²) in [4.78, 5) is 10.9. The molecule has 2 unspecified atom stereocenters. The normalized spacial score (nSPS) is 17.0. The standard InChI is InChI=1S/C27H35BrO4/c1-27(2,3)26(31-4)23-15-18(11-14-24(23)28)17-32-21-13-12-20-8-5-7-19(22(20)16-21)9-6-10-25(29)30/h11-16,19,26H,5-10,17H2,1-4H3,(H,29,30). The Morgan fingerprint density at radius 3 is 2.69 bits per heavy atom. The Balaban J connectivity index is 1.72. The third kappa shape index (κ3) is 6.35. The van der Waals surface area contributed by atoms with E-state index in [9.17, 15) is 4.79 Å². The second kappa shape index (κ2) is 10.8. The number of aryl methyl sites for hydroxylation is 1. The van der Waals surface area contributed by atoms with Gasteiger partial charge in [0.15, 0.2) is 0 Å². The van der Waals surface area contributed by atoms with Gasteiger partial charge in [0, 0.05) is 18.0 Å². The number of hydrogen-bond acceptors (Lipinski definition) is 3. The molecule has 0 amide bonds. The monoisotopic (exact) mass is 502 g/mol. The molecule has 0 aromatic heterocycles. The van der Waals surface area contributed by atoms with E-state index in [1.807, 2.05) is 0 Å². The van der Waals surface area contributed by atoms with Crippen LogP contribution >= 0.6 is 15.9 Å². The van der Waals surface area contributed by atoms with E-state index in [0.717, 1.165) is 47.0 Å². The van der Waals surface area contributed by atoms with Gasteiger partial charge in [-0.1, -0.05) is 48.8 Å². The van der Waals surface area contributed by atoms with Crippen molar-refractivity contribution in [1.82, 2.24) is 0 Å². The zero-order chi connectivity index (χ0) is 23.3. The molecule has 0 bridgehead atoms. The fraction of sp³-hybridized carbons (Fsp3) is 0.519. The highest BCUT2D eigenvalue weighted by Crippen LogP contribution is 2.40. The van der Waals surface area contributed by atoms with Crippen molar-refractivity contribution in [1.29, 1.82) is 0 Å². The lowest BCUT2D eigenvalue weighted by atomic mass is 9.80. The summed E-state index contributed by atoms with van der Waals surface area (Å²) in [5, 5.41) is 8.96. The van der Waals surface area contributed by atoms with Crippen molar-refractivity contribution < 1.29 is 19.4 Å². The maximum absolute atomic E-state index is 10.9. The first kappa shape index (κ1) is 24.8. The Labute approximate surface area is 200 Å². The van der Waals surface area contributed by atoms with E-state index in [1.54, 1.807) is 7.11 Å². The summed E-state index contributed by atoms with van der Waals surface area (Å²) in [6, 6.07) is 12.7. The predicted octanol–water partition coefficient (Wildman–Crippen LogP) is 7.44. The minimum atomic E-state index is -0.714. The van der Waals surface area contributed by atoms with Crippen LogP contribution in [-0.4, -0.2) is 18.2 Å². The van der Waals surface area contributed by atoms with Gasteiger partial charge in [-0.2, -0.15) is 0 Å². The first-order chi connectivity index (χ1) is 15.2. The van der Waals surface area contributed by atoms with Gasteiger partial charge in [0.2, 0.25) is 0 Å². The fourth-order valence-corrected chi connectivity index (χ4v) is 5.22.